The number of nitrogens with two attached hydrogens (primary N) is 1. The molecule has 0 atom stereocenters. The minimum atomic E-state index is -0.365. The van der Waals surface area contributed by atoms with Gasteiger partial charge in [0.1, 0.15) is 9.71 Å². The fourth-order valence-electron chi connectivity index (χ4n) is 4.70. The minimum absolute atomic E-state index is 0.256. The number of hydrogen-bond donors (Lipinski definition) is 2. The molecule has 1 aliphatic rings. The van der Waals surface area contributed by atoms with Crippen LogP contribution in [0.1, 0.15) is 34.5 Å². The number of nitrogens with one attached hydrogen (secondary N) is 1. The number of aryl methyl sites for hydroxylation is 1. The van der Waals surface area contributed by atoms with Gasteiger partial charge in [-0.25, -0.2) is 4.98 Å². The maximum atomic E-state index is 13.3. The van der Waals surface area contributed by atoms with Crippen molar-refractivity contribution in [1.82, 2.24) is 10.3 Å². The summed E-state index contributed by atoms with van der Waals surface area (Å²) < 4.78 is 5.39. The van der Waals surface area contributed by atoms with Crippen LogP contribution in [-0.2, 0) is 0 Å². The zero-order chi connectivity index (χ0) is 26.2. The number of amides is 1. The third kappa shape index (κ3) is 4.70. The van der Waals surface area contributed by atoms with Crippen LogP contribution in [0.2, 0.25) is 5.02 Å². The number of anilines is 2. The first-order chi connectivity index (χ1) is 18.5. The Balaban J connectivity index is 1.39. The Morgan fingerprint density at radius 2 is 1.79 bits per heavy atom. The van der Waals surface area contributed by atoms with Crippen molar-refractivity contribution in [2.45, 2.75) is 26.2 Å². The van der Waals surface area contributed by atoms with E-state index >= 15 is 0 Å². The van der Waals surface area contributed by atoms with E-state index in [1.54, 1.807) is 11.0 Å². The van der Waals surface area contributed by atoms with Gasteiger partial charge < -0.3 is 5.73 Å². The molecule has 3 aromatic heterocycles. The highest BCUT2D eigenvalue weighted by molar-refractivity contribution is 7.21. The van der Waals surface area contributed by atoms with Crippen LogP contribution in [0.4, 0.5) is 11.6 Å². The first kappa shape index (κ1) is 24.4. The largest absolute Gasteiger partial charge is 0.397 e. The normalized spacial score (nSPS) is 13.7. The third-order valence-corrected chi connectivity index (χ3v) is 8.07. The summed E-state index contributed by atoms with van der Waals surface area (Å²) in [5.74, 6) is -0.110. The predicted molar refractivity (Wildman–Crippen MR) is 151 cm³/mol. The molecule has 0 spiro atoms. The van der Waals surface area contributed by atoms with Crippen LogP contribution < -0.4 is 20.9 Å². The van der Waals surface area contributed by atoms with Crippen LogP contribution >= 0.6 is 22.9 Å². The molecule has 5 aromatic rings. The van der Waals surface area contributed by atoms with E-state index in [1.807, 2.05) is 37.3 Å². The summed E-state index contributed by atoms with van der Waals surface area (Å²) in [6.07, 6.45) is 5.10. The molecule has 0 saturated carbocycles. The standard InChI is InChI=1S/C28H25ClN6O2S/c1-17-5-7-18(8-6-17)21-15-22(19-9-11-20(29)12-10-19)31-28-24(21)25(30)26(38-28)27(36)32-23-16-35(33-37-23)34-13-3-2-4-14-34/h5-12,15-16H,2-4,13-14H2,1H3,(H2-,30,32,33,36)/p+1. The lowest BCUT2D eigenvalue weighted by Gasteiger charge is -2.17. The van der Waals surface area contributed by atoms with Gasteiger partial charge in [-0.15, -0.1) is 11.3 Å². The number of nitrogen functional groups attached to an aromatic ring is 1. The number of aromatic nitrogens is 3. The number of rotatable bonds is 5. The quantitative estimate of drug-likeness (QED) is 0.270. The van der Waals surface area contributed by atoms with Crippen LogP contribution in [-0.4, -0.2) is 29.3 Å². The number of carbonyl (C=O) groups excluding carboxylic acids is 1. The molecule has 0 aliphatic carbocycles. The summed E-state index contributed by atoms with van der Waals surface area (Å²) in [5.41, 5.74) is 11.8. The molecule has 10 heteroatoms. The van der Waals surface area contributed by atoms with Crippen LogP contribution in [0.25, 0.3) is 32.6 Å². The van der Waals surface area contributed by atoms with Crippen molar-refractivity contribution in [3.05, 3.63) is 76.3 Å². The molecule has 6 rings (SSSR count). The van der Waals surface area contributed by atoms with Gasteiger partial charge in [-0.05, 0) is 55.5 Å². The molecule has 1 saturated heterocycles. The molecule has 1 aliphatic heterocycles. The molecule has 0 unspecified atom stereocenters. The Kier molecular flexibility index (Phi) is 6.47. The van der Waals surface area contributed by atoms with Crippen molar-refractivity contribution in [2.75, 3.05) is 29.1 Å². The first-order valence-electron chi connectivity index (χ1n) is 12.5. The summed E-state index contributed by atoms with van der Waals surface area (Å²) in [4.78, 5) is 20.9. The predicted octanol–water partition coefficient (Wildman–Crippen LogP) is 5.82. The van der Waals surface area contributed by atoms with Crippen molar-refractivity contribution >= 4 is 50.6 Å². The van der Waals surface area contributed by atoms with Crippen LogP contribution in [0.3, 0.4) is 0 Å². The lowest BCUT2D eigenvalue weighted by atomic mass is 9.99. The number of thiophene rings is 1. The number of benzene rings is 2. The fourth-order valence-corrected chi connectivity index (χ4v) is 5.84. The van der Waals surface area contributed by atoms with Gasteiger partial charge in [0.2, 0.25) is 5.27 Å². The highest BCUT2D eigenvalue weighted by Gasteiger charge is 2.26. The number of carbonyl (C=O) groups is 1. The second kappa shape index (κ2) is 10.1. The minimum Gasteiger partial charge on any atom is -0.397 e. The molecule has 1 amide bonds. The lowest BCUT2D eigenvalue weighted by Crippen LogP contribution is -2.60. The molecule has 2 aromatic carbocycles. The SMILES string of the molecule is Cc1ccc(-c2cc(-c3ccc(Cl)cc3)nc3sc(C(=O)Nc4c[n+](N5CCCCC5)no4)c(N)c23)cc1. The van der Waals surface area contributed by atoms with Gasteiger partial charge >= 0.3 is 5.88 Å². The number of nitrogens with zero attached hydrogens (tertiary/aromatic N) is 4. The molecule has 3 N–H and O–H groups in total. The zero-order valence-corrected chi connectivity index (χ0v) is 22.4. The van der Waals surface area contributed by atoms with E-state index in [4.69, 9.17) is 26.8 Å². The highest BCUT2D eigenvalue weighted by Crippen LogP contribution is 2.41. The summed E-state index contributed by atoms with van der Waals surface area (Å²) >= 11 is 7.37. The zero-order valence-electron chi connectivity index (χ0n) is 20.8. The average molecular weight is 546 g/mol. The molecule has 1 fully saturated rings. The van der Waals surface area contributed by atoms with E-state index in [2.05, 4.69) is 39.9 Å². The smallest absolute Gasteiger partial charge is 0.306 e. The monoisotopic (exact) mass is 545 g/mol. The van der Waals surface area contributed by atoms with Gasteiger partial charge in [0.15, 0.2) is 0 Å². The lowest BCUT2D eigenvalue weighted by molar-refractivity contribution is -0.759. The molecule has 38 heavy (non-hydrogen) atoms. The highest BCUT2D eigenvalue weighted by atomic mass is 35.5. The number of fused-ring (bicyclic) bond motifs is 1. The van der Waals surface area contributed by atoms with Crippen LogP contribution in [0.15, 0.2) is 65.3 Å². The van der Waals surface area contributed by atoms with Crippen molar-refractivity contribution < 1.29 is 14.1 Å². The van der Waals surface area contributed by atoms with Gasteiger partial charge in [-0.1, -0.05) is 53.6 Å². The van der Waals surface area contributed by atoms with Crippen molar-refractivity contribution in [3.8, 4) is 22.4 Å². The summed E-state index contributed by atoms with van der Waals surface area (Å²) in [6, 6.07) is 17.8. The molecule has 4 heterocycles. The van der Waals surface area contributed by atoms with Gasteiger partial charge in [-0.2, -0.15) is 5.01 Å². The van der Waals surface area contributed by atoms with E-state index in [-0.39, 0.29) is 11.8 Å². The summed E-state index contributed by atoms with van der Waals surface area (Å²) in [7, 11) is 0. The first-order valence-corrected chi connectivity index (χ1v) is 13.7. The topological polar surface area (TPSA) is 101 Å². The molecule has 8 nitrogen and oxygen atoms in total. The van der Waals surface area contributed by atoms with E-state index in [0.29, 0.717) is 20.4 Å². The molecule has 0 radical (unpaired) electrons. The Morgan fingerprint density at radius 3 is 2.53 bits per heavy atom. The van der Waals surface area contributed by atoms with Crippen molar-refractivity contribution in [3.63, 3.8) is 0 Å². The van der Waals surface area contributed by atoms with E-state index in [0.717, 1.165) is 59.3 Å². The Bertz CT molecular complexity index is 1620. The number of pyridine rings is 1. The summed E-state index contributed by atoms with van der Waals surface area (Å²) in [5, 5.41) is 10.4. The van der Waals surface area contributed by atoms with Crippen LogP contribution in [0.5, 0.6) is 0 Å². The Morgan fingerprint density at radius 1 is 1.08 bits per heavy atom. The number of hydrogen-bond acceptors (Lipinski definition) is 7. The maximum Gasteiger partial charge on any atom is 0.306 e. The van der Waals surface area contributed by atoms with Crippen molar-refractivity contribution in [1.29, 1.82) is 0 Å². The molecule has 0 bridgehead atoms. The third-order valence-electron chi connectivity index (χ3n) is 6.72. The van der Waals surface area contributed by atoms with Gasteiger partial charge in [0.25, 0.3) is 12.1 Å². The van der Waals surface area contributed by atoms with Gasteiger partial charge in [0.05, 0.1) is 29.3 Å². The molecular weight excluding hydrogens is 520 g/mol. The Labute approximate surface area is 228 Å². The number of piperidine rings is 1. The average Bonchev–Trinajstić information content (AvgIpc) is 3.54. The van der Waals surface area contributed by atoms with Gasteiger partial charge in [0, 0.05) is 16.0 Å². The fraction of sp³-hybridized carbons (Fsp3) is 0.214. The van der Waals surface area contributed by atoms with E-state index in [9.17, 15) is 4.79 Å². The summed E-state index contributed by atoms with van der Waals surface area (Å²) in [6.45, 7) is 3.85. The van der Waals surface area contributed by atoms with Gasteiger partial charge in [-0.3, -0.25) is 14.6 Å². The number of halogens is 1. The molecule has 192 valence electrons. The van der Waals surface area contributed by atoms with Crippen molar-refractivity contribution in [2.24, 2.45) is 0 Å². The maximum absolute atomic E-state index is 13.3. The van der Waals surface area contributed by atoms with E-state index in [1.165, 1.54) is 17.8 Å². The molecular formula is C28H26ClN6O2S+. The van der Waals surface area contributed by atoms with Crippen LogP contribution in [0, 0.1) is 6.92 Å². The second-order valence-corrected chi connectivity index (χ2v) is 10.8. The second-order valence-electron chi connectivity index (χ2n) is 9.41. The Hall–Kier alpha value is -3.95. The van der Waals surface area contributed by atoms with E-state index < -0.39 is 0 Å².